The van der Waals surface area contributed by atoms with E-state index in [0.29, 0.717) is 16.4 Å². The summed E-state index contributed by atoms with van der Waals surface area (Å²) < 4.78 is 0. The van der Waals surface area contributed by atoms with Crippen LogP contribution in [-0.2, 0) is 0 Å². The van der Waals surface area contributed by atoms with E-state index >= 15 is 0 Å². The second kappa shape index (κ2) is 4.59. The van der Waals surface area contributed by atoms with Crippen LogP contribution in [0.3, 0.4) is 0 Å². The van der Waals surface area contributed by atoms with Crippen molar-refractivity contribution >= 4 is 23.2 Å². The zero-order valence-corrected chi connectivity index (χ0v) is 10.3. The number of nitrogens with zero attached hydrogens (tertiary/aromatic N) is 1. The molecule has 5 heteroatoms. The first-order valence-electron chi connectivity index (χ1n) is 5.15. The summed E-state index contributed by atoms with van der Waals surface area (Å²) in [6.07, 6.45) is 1.50. The summed E-state index contributed by atoms with van der Waals surface area (Å²) >= 11 is 5.88. The first-order valence-corrected chi connectivity index (χ1v) is 5.53. The molecule has 0 spiro atoms. The molecule has 0 fully saturated rings. The zero-order valence-electron chi connectivity index (χ0n) is 9.54. The second-order valence-electron chi connectivity index (χ2n) is 3.79. The third-order valence-corrected chi connectivity index (χ3v) is 2.73. The fourth-order valence-corrected chi connectivity index (χ4v) is 1.67. The molecule has 2 aromatic rings. The molecule has 1 aromatic heterocycles. The molecule has 0 aliphatic rings. The van der Waals surface area contributed by atoms with Crippen molar-refractivity contribution in [3.63, 3.8) is 0 Å². The summed E-state index contributed by atoms with van der Waals surface area (Å²) in [5, 5.41) is 3.38. The van der Waals surface area contributed by atoms with Crippen LogP contribution in [0.1, 0.15) is 21.7 Å². The minimum absolute atomic E-state index is 0.242. The van der Waals surface area contributed by atoms with Gasteiger partial charge in [0.05, 0.1) is 6.33 Å². The number of aromatic amines is 1. The molecule has 0 saturated carbocycles. The van der Waals surface area contributed by atoms with E-state index < -0.39 is 0 Å². The highest BCUT2D eigenvalue weighted by Gasteiger charge is 2.12. The second-order valence-corrected chi connectivity index (χ2v) is 4.23. The van der Waals surface area contributed by atoms with Crippen LogP contribution in [0.5, 0.6) is 0 Å². The van der Waals surface area contributed by atoms with Crippen molar-refractivity contribution in [2.75, 3.05) is 5.32 Å². The molecule has 0 aliphatic carbocycles. The van der Waals surface area contributed by atoms with Gasteiger partial charge in [-0.1, -0.05) is 17.7 Å². The van der Waals surface area contributed by atoms with Gasteiger partial charge in [0.2, 0.25) is 0 Å². The van der Waals surface area contributed by atoms with Crippen LogP contribution in [0, 0.1) is 13.8 Å². The van der Waals surface area contributed by atoms with Gasteiger partial charge in [-0.3, -0.25) is 4.79 Å². The maximum Gasteiger partial charge on any atom is 0.276 e. The maximum absolute atomic E-state index is 11.9. The van der Waals surface area contributed by atoms with Crippen LogP contribution in [0.25, 0.3) is 0 Å². The number of H-pyrrole nitrogens is 1. The lowest BCUT2D eigenvalue weighted by molar-refractivity contribution is 0.102. The van der Waals surface area contributed by atoms with Crippen molar-refractivity contribution < 1.29 is 4.79 Å². The van der Waals surface area contributed by atoms with E-state index in [9.17, 15) is 4.79 Å². The number of hydrogen-bond acceptors (Lipinski definition) is 2. The molecule has 2 rings (SSSR count). The topological polar surface area (TPSA) is 57.8 Å². The van der Waals surface area contributed by atoms with E-state index in [2.05, 4.69) is 15.3 Å². The van der Waals surface area contributed by atoms with Gasteiger partial charge in [0.1, 0.15) is 5.69 Å². The summed E-state index contributed by atoms with van der Waals surface area (Å²) in [4.78, 5) is 18.7. The molecule has 2 N–H and O–H groups in total. The number of carbonyl (C=O) groups is 1. The van der Waals surface area contributed by atoms with Crippen molar-refractivity contribution in [2.24, 2.45) is 0 Å². The number of imidazole rings is 1. The number of amides is 1. The smallest absolute Gasteiger partial charge is 0.276 e. The fourth-order valence-electron chi connectivity index (χ4n) is 1.50. The number of aromatic nitrogens is 2. The first kappa shape index (κ1) is 11.7. The molecule has 0 bridgehead atoms. The molecule has 88 valence electrons. The average Bonchev–Trinajstić information content (AvgIpc) is 2.70. The molecular formula is C12H12ClN3O. The minimum Gasteiger partial charge on any atom is -0.348 e. The van der Waals surface area contributed by atoms with Crippen LogP contribution in [0.2, 0.25) is 5.02 Å². The monoisotopic (exact) mass is 249 g/mol. The number of benzene rings is 1. The van der Waals surface area contributed by atoms with E-state index in [1.165, 1.54) is 6.33 Å². The van der Waals surface area contributed by atoms with Crippen molar-refractivity contribution in [2.45, 2.75) is 13.8 Å². The molecular weight excluding hydrogens is 238 g/mol. The number of halogens is 1. The highest BCUT2D eigenvalue weighted by molar-refractivity contribution is 6.31. The van der Waals surface area contributed by atoms with Crippen LogP contribution in [-0.4, -0.2) is 15.9 Å². The van der Waals surface area contributed by atoms with Gasteiger partial charge in [-0.05, 0) is 31.5 Å². The van der Waals surface area contributed by atoms with Crippen LogP contribution in [0.15, 0.2) is 24.5 Å². The number of aryl methyl sites for hydroxylation is 2. The van der Waals surface area contributed by atoms with Gasteiger partial charge in [-0.15, -0.1) is 0 Å². The number of anilines is 1. The largest absolute Gasteiger partial charge is 0.348 e. The lowest BCUT2D eigenvalue weighted by Gasteiger charge is -2.07. The predicted octanol–water partition coefficient (Wildman–Crippen LogP) is 2.93. The Bertz CT molecular complexity index is 563. The third-order valence-electron chi connectivity index (χ3n) is 2.49. The van der Waals surface area contributed by atoms with Gasteiger partial charge in [0, 0.05) is 16.4 Å². The highest BCUT2D eigenvalue weighted by Crippen LogP contribution is 2.20. The quantitative estimate of drug-likeness (QED) is 0.860. The summed E-state index contributed by atoms with van der Waals surface area (Å²) in [5.74, 6) is -0.242. The summed E-state index contributed by atoms with van der Waals surface area (Å²) in [6, 6.07) is 5.36. The number of rotatable bonds is 2. The van der Waals surface area contributed by atoms with E-state index in [1.807, 2.05) is 13.0 Å². The maximum atomic E-state index is 11.9. The molecule has 1 amide bonds. The van der Waals surface area contributed by atoms with Crippen molar-refractivity contribution in [3.05, 3.63) is 46.5 Å². The standard InChI is InChI=1S/C12H12ClN3O/c1-7-3-4-9(13)5-10(7)16-12(17)11-8(2)14-6-15-11/h3-6H,1-2H3,(H,14,15)(H,16,17). The highest BCUT2D eigenvalue weighted by atomic mass is 35.5. The van der Waals surface area contributed by atoms with Gasteiger partial charge >= 0.3 is 0 Å². The van der Waals surface area contributed by atoms with E-state index in [1.54, 1.807) is 19.1 Å². The summed E-state index contributed by atoms with van der Waals surface area (Å²) in [5.41, 5.74) is 2.78. The molecule has 0 saturated heterocycles. The van der Waals surface area contributed by atoms with Gasteiger partial charge in [-0.25, -0.2) is 4.98 Å². The van der Waals surface area contributed by atoms with E-state index in [-0.39, 0.29) is 5.91 Å². The fraction of sp³-hybridized carbons (Fsp3) is 0.167. The lowest BCUT2D eigenvalue weighted by atomic mass is 10.2. The molecule has 0 aliphatic heterocycles. The predicted molar refractivity (Wildman–Crippen MR) is 67.5 cm³/mol. The Morgan fingerprint density at radius 1 is 1.41 bits per heavy atom. The first-order chi connectivity index (χ1) is 8.08. The van der Waals surface area contributed by atoms with E-state index in [0.717, 1.165) is 11.3 Å². The Labute approximate surface area is 104 Å². The molecule has 1 heterocycles. The van der Waals surface area contributed by atoms with Gasteiger partial charge in [0.15, 0.2) is 0 Å². The molecule has 0 radical (unpaired) electrons. The van der Waals surface area contributed by atoms with Gasteiger partial charge in [0.25, 0.3) is 5.91 Å². The Kier molecular flexibility index (Phi) is 3.15. The van der Waals surface area contributed by atoms with Gasteiger partial charge < -0.3 is 10.3 Å². The van der Waals surface area contributed by atoms with Crippen molar-refractivity contribution in [1.82, 2.24) is 9.97 Å². The normalized spacial score (nSPS) is 10.3. The lowest BCUT2D eigenvalue weighted by Crippen LogP contribution is -2.14. The van der Waals surface area contributed by atoms with Crippen molar-refractivity contribution in [3.8, 4) is 0 Å². The molecule has 0 unspecified atom stereocenters. The molecule has 4 nitrogen and oxygen atoms in total. The SMILES string of the molecule is Cc1ccc(Cl)cc1NC(=O)c1nc[nH]c1C. The Morgan fingerprint density at radius 2 is 2.18 bits per heavy atom. The zero-order chi connectivity index (χ0) is 12.4. The van der Waals surface area contributed by atoms with Gasteiger partial charge in [-0.2, -0.15) is 0 Å². The molecule has 17 heavy (non-hydrogen) atoms. The summed E-state index contributed by atoms with van der Waals surface area (Å²) in [6.45, 7) is 3.70. The van der Waals surface area contributed by atoms with E-state index in [4.69, 9.17) is 11.6 Å². The Balaban J connectivity index is 2.24. The number of hydrogen-bond donors (Lipinski definition) is 2. The number of nitrogens with one attached hydrogen (secondary N) is 2. The number of carbonyl (C=O) groups excluding carboxylic acids is 1. The van der Waals surface area contributed by atoms with Crippen LogP contribution < -0.4 is 5.32 Å². The minimum atomic E-state index is -0.242. The Hall–Kier alpha value is -1.81. The molecule has 0 atom stereocenters. The van der Waals surface area contributed by atoms with Crippen LogP contribution >= 0.6 is 11.6 Å². The van der Waals surface area contributed by atoms with Crippen molar-refractivity contribution in [1.29, 1.82) is 0 Å². The Morgan fingerprint density at radius 3 is 2.82 bits per heavy atom. The molecule has 1 aromatic carbocycles. The average molecular weight is 250 g/mol. The summed E-state index contributed by atoms with van der Waals surface area (Å²) in [7, 11) is 0. The van der Waals surface area contributed by atoms with Crippen LogP contribution in [0.4, 0.5) is 5.69 Å². The third kappa shape index (κ3) is 2.47.